The number of carboxylic acid groups (broad SMARTS) is 1. The van der Waals surface area contributed by atoms with Crippen molar-refractivity contribution in [3.63, 3.8) is 0 Å². The lowest BCUT2D eigenvalue weighted by Gasteiger charge is -2.09. The zero-order valence-corrected chi connectivity index (χ0v) is 11.6. The van der Waals surface area contributed by atoms with Crippen LogP contribution in [-0.2, 0) is 6.61 Å². The van der Waals surface area contributed by atoms with Gasteiger partial charge in [0, 0.05) is 11.6 Å². The molecule has 0 heterocycles. The molecule has 2 aromatic carbocycles. The zero-order valence-electron chi connectivity index (χ0n) is 10.1. The Kier molecular flexibility index (Phi) is 4.47. The van der Waals surface area contributed by atoms with E-state index in [-0.39, 0.29) is 17.9 Å². The number of carboxylic acids is 1. The van der Waals surface area contributed by atoms with Crippen molar-refractivity contribution in [3.05, 3.63) is 63.4 Å². The first kappa shape index (κ1) is 14.6. The summed E-state index contributed by atoms with van der Waals surface area (Å²) in [5.41, 5.74) is 0.442. The molecule has 0 amide bonds. The van der Waals surface area contributed by atoms with Crippen LogP contribution < -0.4 is 4.74 Å². The quantitative estimate of drug-likeness (QED) is 0.909. The van der Waals surface area contributed by atoms with Crippen molar-refractivity contribution in [1.82, 2.24) is 0 Å². The number of hydrogen-bond donors (Lipinski definition) is 1. The molecule has 6 heteroatoms. The number of ether oxygens (including phenoxy) is 1. The molecule has 0 spiro atoms. The second-order valence-electron chi connectivity index (χ2n) is 3.98. The number of aromatic carboxylic acids is 1. The first-order valence-corrected chi connectivity index (χ1v) is 6.32. The Morgan fingerprint density at radius 1 is 1.25 bits per heavy atom. The molecule has 0 atom stereocenters. The highest BCUT2D eigenvalue weighted by atomic mass is 35.5. The number of rotatable bonds is 4. The van der Waals surface area contributed by atoms with E-state index in [9.17, 15) is 9.18 Å². The fraction of sp³-hybridized carbons (Fsp3) is 0.0714. The van der Waals surface area contributed by atoms with Crippen LogP contribution in [0, 0.1) is 5.82 Å². The number of benzene rings is 2. The van der Waals surface area contributed by atoms with Gasteiger partial charge in [-0.1, -0.05) is 35.3 Å². The van der Waals surface area contributed by atoms with E-state index in [4.69, 9.17) is 33.0 Å². The average molecular weight is 315 g/mol. The molecule has 0 saturated carbocycles. The predicted molar refractivity (Wildman–Crippen MR) is 74.2 cm³/mol. The Labute approximate surface area is 124 Å². The summed E-state index contributed by atoms with van der Waals surface area (Å²) < 4.78 is 18.6. The molecule has 0 aliphatic carbocycles. The van der Waals surface area contributed by atoms with Crippen molar-refractivity contribution in [2.24, 2.45) is 0 Å². The summed E-state index contributed by atoms with van der Waals surface area (Å²) in [4.78, 5) is 10.8. The van der Waals surface area contributed by atoms with Crippen molar-refractivity contribution >= 4 is 29.2 Å². The summed E-state index contributed by atoms with van der Waals surface area (Å²) in [6.07, 6.45) is 0. The monoisotopic (exact) mass is 314 g/mol. The highest BCUT2D eigenvalue weighted by Gasteiger charge is 2.09. The predicted octanol–water partition coefficient (Wildman–Crippen LogP) is 4.41. The Balaban J connectivity index is 2.19. The minimum atomic E-state index is -1.23. The Morgan fingerprint density at radius 2 is 2.00 bits per heavy atom. The fourth-order valence-electron chi connectivity index (χ4n) is 1.59. The van der Waals surface area contributed by atoms with E-state index in [2.05, 4.69) is 0 Å². The Hall–Kier alpha value is -1.78. The van der Waals surface area contributed by atoms with Crippen molar-refractivity contribution in [1.29, 1.82) is 0 Å². The minimum Gasteiger partial charge on any atom is -0.489 e. The second-order valence-corrected chi connectivity index (χ2v) is 4.77. The first-order valence-electron chi connectivity index (χ1n) is 5.57. The summed E-state index contributed by atoms with van der Waals surface area (Å²) in [6, 6.07) is 8.32. The van der Waals surface area contributed by atoms with Crippen molar-refractivity contribution in [2.75, 3.05) is 0 Å². The van der Waals surface area contributed by atoms with E-state index in [0.29, 0.717) is 15.6 Å². The summed E-state index contributed by atoms with van der Waals surface area (Å²) >= 11 is 11.9. The van der Waals surface area contributed by atoms with Crippen LogP contribution in [-0.4, -0.2) is 11.1 Å². The molecule has 0 aliphatic rings. The van der Waals surface area contributed by atoms with Gasteiger partial charge in [0.25, 0.3) is 0 Å². The van der Waals surface area contributed by atoms with Gasteiger partial charge in [-0.05, 0) is 18.2 Å². The van der Waals surface area contributed by atoms with Crippen LogP contribution in [0.4, 0.5) is 4.39 Å². The van der Waals surface area contributed by atoms with Crippen molar-refractivity contribution in [3.8, 4) is 5.75 Å². The topological polar surface area (TPSA) is 46.5 Å². The first-order chi connectivity index (χ1) is 9.47. The van der Waals surface area contributed by atoms with Crippen LogP contribution in [0.2, 0.25) is 10.0 Å². The fourth-order valence-corrected chi connectivity index (χ4v) is 1.97. The van der Waals surface area contributed by atoms with Crippen LogP contribution >= 0.6 is 23.2 Å². The van der Waals surface area contributed by atoms with Gasteiger partial charge >= 0.3 is 5.97 Å². The molecule has 20 heavy (non-hydrogen) atoms. The molecule has 0 bridgehead atoms. The maximum absolute atomic E-state index is 13.3. The summed E-state index contributed by atoms with van der Waals surface area (Å²) in [5.74, 6) is -1.80. The van der Waals surface area contributed by atoms with Gasteiger partial charge in [0.15, 0.2) is 0 Å². The third kappa shape index (κ3) is 3.40. The summed E-state index contributed by atoms with van der Waals surface area (Å²) in [6.45, 7) is 0.0574. The second kappa shape index (κ2) is 6.11. The van der Waals surface area contributed by atoms with Crippen molar-refractivity contribution in [2.45, 2.75) is 6.61 Å². The zero-order chi connectivity index (χ0) is 14.7. The Morgan fingerprint density at radius 3 is 2.70 bits per heavy atom. The SMILES string of the molecule is O=C(O)c1cc(F)cc(OCc2cccc(Cl)c2Cl)c1. The molecule has 0 unspecified atom stereocenters. The van der Waals surface area contributed by atoms with Gasteiger partial charge < -0.3 is 9.84 Å². The molecule has 2 aromatic rings. The molecule has 2 rings (SSSR count). The smallest absolute Gasteiger partial charge is 0.335 e. The van der Waals surface area contributed by atoms with E-state index < -0.39 is 11.8 Å². The minimum absolute atomic E-state index is 0.0574. The molecule has 0 aliphatic heterocycles. The van der Waals surface area contributed by atoms with Gasteiger partial charge in [-0.2, -0.15) is 0 Å². The maximum atomic E-state index is 13.3. The van der Waals surface area contributed by atoms with Crippen LogP contribution in [0.1, 0.15) is 15.9 Å². The highest BCUT2D eigenvalue weighted by Crippen LogP contribution is 2.27. The van der Waals surface area contributed by atoms with Crippen LogP contribution in [0.5, 0.6) is 5.75 Å². The molecule has 0 radical (unpaired) electrons. The van der Waals surface area contributed by atoms with E-state index in [1.807, 2.05) is 0 Å². The highest BCUT2D eigenvalue weighted by molar-refractivity contribution is 6.42. The maximum Gasteiger partial charge on any atom is 0.335 e. The lowest BCUT2D eigenvalue weighted by atomic mass is 10.2. The summed E-state index contributed by atoms with van der Waals surface area (Å²) in [5, 5.41) is 9.58. The summed E-state index contributed by atoms with van der Waals surface area (Å²) in [7, 11) is 0. The number of halogens is 3. The van der Waals surface area contributed by atoms with Gasteiger partial charge in [0.1, 0.15) is 18.2 Å². The molecular weight excluding hydrogens is 306 g/mol. The van der Waals surface area contributed by atoms with E-state index in [1.165, 1.54) is 6.07 Å². The van der Waals surface area contributed by atoms with Gasteiger partial charge in [0.2, 0.25) is 0 Å². The van der Waals surface area contributed by atoms with E-state index in [0.717, 1.165) is 12.1 Å². The largest absolute Gasteiger partial charge is 0.489 e. The standard InChI is InChI=1S/C14H9Cl2FO3/c15-12-3-1-2-8(13(12)16)7-20-11-5-9(14(18)19)4-10(17)6-11/h1-6H,7H2,(H,18,19). The Bertz CT molecular complexity index is 659. The molecule has 0 fully saturated rings. The van der Waals surface area contributed by atoms with Gasteiger partial charge in [-0.15, -0.1) is 0 Å². The normalized spacial score (nSPS) is 10.3. The van der Waals surface area contributed by atoms with E-state index >= 15 is 0 Å². The number of carbonyl (C=O) groups is 1. The van der Waals surface area contributed by atoms with Gasteiger partial charge in [-0.3, -0.25) is 0 Å². The molecule has 104 valence electrons. The lowest BCUT2D eigenvalue weighted by molar-refractivity contribution is 0.0695. The number of hydrogen-bond acceptors (Lipinski definition) is 2. The lowest BCUT2D eigenvalue weighted by Crippen LogP contribution is -2.01. The third-order valence-electron chi connectivity index (χ3n) is 2.54. The van der Waals surface area contributed by atoms with Gasteiger partial charge in [0.05, 0.1) is 15.6 Å². The molecule has 0 aromatic heterocycles. The van der Waals surface area contributed by atoms with Crippen molar-refractivity contribution < 1.29 is 19.0 Å². The molecular formula is C14H9Cl2FO3. The average Bonchev–Trinajstić information content (AvgIpc) is 2.40. The molecule has 3 nitrogen and oxygen atoms in total. The third-order valence-corrected chi connectivity index (χ3v) is 3.40. The van der Waals surface area contributed by atoms with Crippen LogP contribution in [0.25, 0.3) is 0 Å². The van der Waals surface area contributed by atoms with E-state index in [1.54, 1.807) is 18.2 Å². The molecule has 0 saturated heterocycles. The van der Waals surface area contributed by atoms with Gasteiger partial charge in [-0.25, -0.2) is 9.18 Å². The van der Waals surface area contributed by atoms with Crippen LogP contribution in [0.15, 0.2) is 36.4 Å². The van der Waals surface area contributed by atoms with Crippen LogP contribution in [0.3, 0.4) is 0 Å². The molecule has 1 N–H and O–H groups in total.